The third kappa shape index (κ3) is 4.27. The number of thioether (sulfide) groups is 1. The van der Waals surface area contributed by atoms with Crippen LogP contribution in [-0.2, 0) is 11.0 Å². The van der Waals surface area contributed by atoms with E-state index in [2.05, 4.69) is 20.2 Å². The van der Waals surface area contributed by atoms with Crippen molar-refractivity contribution in [2.45, 2.75) is 30.2 Å². The number of fused-ring (bicyclic) bond motifs is 3. The molecule has 4 heterocycles. The van der Waals surface area contributed by atoms with Gasteiger partial charge in [-0.05, 0) is 43.3 Å². The van der Waals surface area contributed by atoms with Gasteiger partial charge in [0.05, 0.1) is 0 Å². The molecule has 3 aliphatic heterocycles. The second-order valence-corrected chi connectivity index (χ2v) is 6.77. The second-order valence-electron chi connectivity index (χ2n) is 5.90. The lowest BCUT2D eigenvalue weighted by molar-refractivity contribution is -0.141. The summed E-state index contributed by atoms with van der Waals surface area (Å²) < 4.78 is 37.7. The topological polar surface area (TPSA) is 58.1 Å². The molecule has 4 rings (SSSR count). The largest absolute Gasteiger partial charge is 0.433 e. The van der Waals surface area contributed by atoms with Crippen LogP contribution in [0.5, 0.6) is 0 Å². The number of nitrogens with zero attached hydrogens (tertiary/aromatic N) is 3. The van der Waals surface area contributed by atoms with Crippen LogP contribution >= 0.6 is 11.8 Å². The number of carbonyl (C=O) groups is 1. The van der Waals surface area contributed by atoms with Crippen molar-refractivity contribution in [3.05, 3.63) is 29.4 Å². The summed E-state index contributed by atoms with van der Waals surface area (Å²) in [7, 11) is 0. The summed E-state index contributed by atoms with van der Waals surface area (Å²) in [6.07, 6.45) is 0.0586. The van der Waals surface area contributed by atoms with Gasteiger partial charge in [0.2, 0.25) is 5.91 Å². The zero-order valence-corrected chi connectivity index (χ0v) is 13.6. The summed E-state index contributed by atoms with van der Waals surface area (Å²) in [6, 6.07) is 0.966. The predicted molar refractivity (Wildman–Crippen MR) is 83.1 cm³/mol. The molecule has 1 unspecified atom stereocenters. The Morgan fingerprint density at radius 2 is 2.12 bits per heavy atom. The molecule has 1 N–H and O–H groups in total. The average Bonchev–Trinajstić information content (AvgIpc) is 2.55. The monoisotopic (exact) mass is 358 g/mol. The number of rotatable bonds is 4. The van der Waals surface area contributed by atoms with Gasteiger partial charge in [-0.1, -0.05) is 11.8 Å². The Morgan fingerprint density at radius 3 is 2.75 bits per heavy atom. The fourth-order valence-electron chi connectivity index (χ4n) is 3.07. The van der Waals surface area contributed by atoms with Gasteiger partial charge in [0.1, 0.15) is 5.69 Å². The van der Waals surface area contributed by atoms with Crippen LogP contribution in [0.2, 0.25) is 0 Å². The molecule has 3 fully saturated rings. The molecule has 1 atom stereocenters. The van der Waals surface area contributed by atoms with E-state index < -0.39 is 11.9 Å². The number of halogens is 3. The summed E-state index contributed by atoms with van der Waals surface area (Å²) in [5.41, 5.74) is -0.995. The average molecular weight is 358 g/mol. The zero-order chi connectivity index (χ0) is 17.2. The quantitative estimate of drug-likeness (QED) is 0.509. The summed E-state index contributed by atoms with van der Waals surface area (Å²) >= 11 is 0.882. The molecular weight excluding hydrogens is 341 g/mol. The molecule has 0 aliphatic carbocycles. The first-order chi connectivity index (χ1) is 11.4. The number of carbonyl (C=O) groups excluding carboxylic acids is 1. The van der Waals surface area contributed by atoms with E-state index in [1.165, 1.54) is 11.5 Å². The maximum absolute atomic E-state index is 12.6. The van der Waals surface area contributed by atoms with E-state index in [9.17, 15) is 18.0 Å². The number of hydrogen-bond donors (Lipinski definition) is 1. The van der Waals surface area contributed by atoms with E-state index in [-0.39, 0.29) is 17.1 Å². The van der Waals surface area contributed by atoms with E-state index >= 15 is 0 Å². The van der Waals surface area contributed by atoms with Crippen molar-refractivity contribution < 1.29 is 18.0 Å². The predicted octanol–water partition coefficient (Wildman–Crippen LogP) is 2.31. The Balaban J connectivity index is 1.52. The van der Waals surface area contributed by atoms with Crippen LogP contribution in [0.1, 0.15) is 18.5 Å². The first kappa shape index (κ1) is 17.2. The highest BCUT2D eigenvalue weighted by molar-refractivity contribution is 8.02. The van der Waals surface area contributed by atoms with Gasteiger partial charge in [-0.3, -0.25) is 4.79 Å². The van der Waals surface area contributed by atoms with Crippen molar-refractivity contribution >= 4 is 17.7 Å². The minimum absolute atomic E-state index is 0.0447. The Bertz CT molecular complexity index is 629. The summed E-state index contributed by atoms with van der Waals surface area (Å²) in [5, 5.41) is 4.33. The number of aromatic nitrogens is 2. The molecule has 3 aliphatic rings. The van der Waals surface area contributed by atoms with Gasteiger partial charge >= 0.3 is 6.18 Å². The number of piperidine rings is 3. The Hall–Kier alpha value is -1.61. The maximum atomic E-state index is 12.6. The van der Waals surface area contributed by atoms with Crippen molar-refractivity contribution in [2.75, 3.05) is 19.6 Å². The lowest BCUT2D eigenvalue weighted by Gasteiger charge is -2.44. The van der Waals surface area contributed by atoms with E-state index in [0.717, 1.165) is 56.5 Å². The number of hydrogen-bond acceptors (Lipinski definition) is 5. The summed E-state index contributed by atoms with van der Waals surface area (Å²) in [5.74, 6) is 0.278. The van der Waals surface area contributed by atoms with Crippen LogP contribution in [-0.4, -0.2) is 46.5 Å². The van der Waals surface area contributed by atoms with E-state index in [1.54, 1.807) is 0 Å². The van der Waals surface area contributed by atoms with Crippen LogP contribution in [0, 0.1) is 5.92 Å². The normalized spacial score (nSPS) is 26.7. The van der Waals surface area contributed by atoms with Crippen molar-refractivity contribution in [1.82, 2.24) is 20.2 Å². The highest BCUT2D eigenvalue weighted by Crippen LogP contribution is 2.29. The summed E-state index contributed by atoms with van der Waals surface area (Å²) in [6.45, 7) is 3.05. The molecular formula is C15H17F3N4OS. The van der Waals surface area contributed by atoms with Gasteiger partial charge < -0.3 is 10.2 Å². The van der Waals surface area contributed by atoms with Crippen molar-refractivity contribution in [1.29, 1.82) is 0 Å². The molecule has 1 aromatic heterocycles. The molecule has 0 spiro atoms. The van der Waals surface area contributed by atoms with Gasteiger partial charge in [-0.15, -0.1) is 0 Å². The van der Waals surface area contributed by atoms with Gasteiger partial charge in [0.15, 0.2) is 5.16 Å². The molecule has 0 saturated carbocycles. The fourth-order valence-corrected chi connectivity index (χ4v) is 3.66. The molecule has 24 heavy (non-hydrogen) atoms. The summed E-state index contributed by atoms with van der Waals surface area (Å²) in [4.78, 5) is 21.5. The van der Waals surface area contributed by atoms with Gasteiger partial charge in [0.25, 0.3) is 0 Å². The highest BCUT2D eigenvalue weighted by atomic mass is 32.2. The molecule has 3 saturated heterocycles. The Kier molecular flexibility index (Phi) is 5.09. The molecule has 0 aromatic carbocycles. The first-order valence-corrected chi connectivity index (χ1v) is 8.56. The number of nitrogens with one attached hydrogen (secondary N) is 1. The van der Waals surface area contributed by atoms with E-state index in [0.29, 0.717) is 5.92 Å². The first-order valence-electron chi connectivity index (χ1n) is 7.68. The fraction of sp³-hybridized carbons (Fsp3) is 0.533. The Labute approximate surface area is 141 Å². The van der Waals surface area contributed by atoms with Gasteiger partial charge in [-0.2, -0.15) is 13.2 Å². The van der Waals surface area contributed by atoms with Crippen LogP contribution in [0.4, 0.5) is 13.2 Å². The van der Waals surface area contributed by atoms with Crippen LogP contribution in [0.3, 0.4) is 0 Å². The van der Waals surface area contributed by atoms with E-state index in [1.807, 2.05) is 0 Å². The molecule has 2 bridgehead atoms. The minimum Gasteiger partial charge on any atom is -0.348 e. The maximum Gasteiger partial charge on any atom is 0.433 e. The number of alkyl halides is 3. The molecule has 9 heteroatoms. The SMILES string of the molecule is O=C(C=CSc1nccc(C(F)(F)F)n1)NC1CN2CCC1CC2. The highest BCUT2D eigenvalue weighted by Gasteiger charge is 2.34. The lowest BCUT2D eigenvalue weighted by atomic mass is 9.84. The zero-order valence-electron chi connectivity index (χ0n) is 12.8. The number of amides is 1. The molecule has 130 valence electrons. The standard InChI is InChI=1S/C15H17F3N4OS/c16-15(17,18)12-1-5-19-14(21-12)24-8-4-13(23)20-11-9-22-6-2-10(11)3-7-22/h1,4-5,8,10-11H,2-3,6-7,9H2,(H,20,23). The van der Waals surface area contributed by atoms with E-state index in [4.69, 9.17) is 0 Å². The van der Waals surface area contributed by atoms with Crippen molar-refractivity contribution in [3.63, 3.8) is 0 Å². The Morgan fingerprint density at radius 1 is 1.38 bits per heavy atom. The van der Waals surface area contributed by atoms with Crippen LogP contribution in [0.25, 0.3) is 0 Å². The molecule has 1 aromatic rings. The smallest absolute Gasteiger partial charge is 0.348 e. The van der Waals surface area contributed by atoms with Crippen LogP contribution < -0.4 is 5.32 Å². The molecule has 5 nitrogen and oxygen atoms in total. The second kappa shape index (κ2) is 7.10. The van der Waals surface area contributed by atoms with Crippen molar-refractivity contribution in [2.24, 2.45) is 5.92 Å². The molecule has 0 radical (unpaired) electrons. The third-order valence-electron chi connectivity index (χ3n) is 4.30. The molecule has 1 amide bonds. The lowest BCUT2D eigenvalue weighted by Crippen LogP contribution is -2.57. The van der Waals surface area contributed by atoms with Gasteiger partial charge in [0, 0.05) is 24.9 Å². The third-order valence-corrected chi connectivity index (χ3v) is 4.98. The van der Waals surface area contributed by atoms with Crippen LogP contribution in [0.15, 0.2) is 28.9 Å². The van der Waals surface area contributed by atoms with Crippen molar-refractivity contribution in [3.8, 4) is 0 Å². The van der Waals surface area contributed by atoms with Gasteiger partial charge in [-0.25, -0.2) is 9.97 Å². The minimum atomic E-state index is -4.50.